The highest BCUT2D eigenvalue weighted by Crippen LogP contribution is 2.74. The van der Waals surface area contributed by atoms with Crippen LogP contribution in [0.25, 0.3) is 0 Å². The van der Waals surface area contributed by atoms with E-state index in [1.807, 2.05) is 0 Å². The second kappa shape index (κ2) is 7.32. The molecule has 0 aliphatic heterocycles. The molecule has 0 amide bonds. The second-order valence-electron chi connectivity index (χ2n) is 14.9. The zero-order valence-corrected chi connectivity index (χ0v) is 23.3. The molecule has 0 unspecified atom stereocenters. The van der Waals surface area contributed by atoms with Crippen molar-refractivity contribution in [2.24, 2.45) is 50.2 Å². The fourth-order valence-corrected chi connectivity index (χ4v) is 10.4. The molecule has 0 saturated heterocycles. The zero-order valence-electron chi connectivity index (χ0n) is 23.3. The van der Waals surface area contributed by atoms with Crippen LogP contribution < -0.4 is 0 Å². The van der Waals surface area contributed by atoms with Gasteiger partial charge in [0, 0.05) is 17.8 Å². The number of allylic oxidation sites excluding steroid dienone is 2. The van der Waals surface area contributed by atoms with Gasteiger partial charge in [-0.05, 0) is 97.9 Å². The van der Waals surface area contributed by atoms with E-state index in [9.17, 15) is 14.4 Å². The minimum atomic E-state index is -0.490. The van der Waals surface area contributed by atoms with Crippen LogP contribution in [0.5, 0.6) is 0 Å². The first-order chi connectivity index (χ1) is 16.1. The Kier molecular flexibility index (Phi) is 5.27. The molecule has 4 heteroatoms. The SMILES string of the molecule is COC(=O)[C@]1(C)CC[C@]2(C)CC[C@@]3(C)C(=CC(=O)[C@@H]4[C@@]5(C)CCC(=O)C(C)(C)[C@@H]5CC[C@@]43C)[C@@H]2C1. The first-order valence-electron chi connectivity index (χ1n) is 14.0. The van der Waals surface area contributed by atoms with Crippen LogP contribution in [0, 0.1) is 50.2 Å². The van der Waals surface area contributed by atoms with Gasteiger partial charge in [0.25, 0.3) is 0 Å². The summed E-state index contributed by atoms with van der Waals surface area (Å²) in [6.07, 6.45) is 10.3. The largest absolute Gasteiger partial charge is 0.469 e. The van der Waals surface area contributed by atoms with Gasteiger partial charge < -0.3 is 4.74 Å². The van der Waals surface area contributed by atoms with Gasteiger partial charge in [0.15, 0.2) is 5.78 Å². The lowest BCUT2D eigenvalue weighted by atomic mass is 9.33. The molecule has 4 nitrogen and oxygen atoms in total. The van der Waals surface area contributed by atoms with E-state index in [-0.39, 0.29) is 56.6 Å². The van der Waals surface area contributed by atoms with Gasteiger partial charge in [-0.2, -0.15) is 0 Å². The van der Waals surface area contributed by atoms with Gasteiger partial charge in [-0.25, -0.2) is 0 Å². The molecule has 4 fully saturated rings. The number of carbonyl (C=O) groups excluding carboxylic acids is 3. The van der Waals surface area contributed by atoms with E-state index < -0.39 is 5.41 Å². The average Bonchev–Trinajstić information content (AvgIpc) is 2.78. The maximum Gasteiger partial charge on any atom is 0.311 e. The summed E-state index contributed by atoms with van der Waals surface area (Å²) in [6.45, 7) is 15.9. The third kappa shape index (κ3) is 3.00. The van der Waals surface area contributed by atoms with E-state index in [2.05, 4.69) is 54.5 Å². The predicted molar refractivity (Wildman–Crippen MR) is 136 cm³/mol. The normalized spacial score (nSPS) is 50.7. The van der Waals surface area contributed by atoms with Crippen molar-refractivity contribution in [2.75, 3.05) is 7.11 Å². The van der Waals surface area contributed by atoms with Gasteiger partial charge in [-0.3, -0.25) is 14.4 Å². The van der Waals surface area contributed by atoms with Crippen LogP contribution in [0.2, 0.25) is 0 Å². The summed E-state index contributed by atoms with van der Waals surface area (Å²) < 4.78 is 5.24. The maximum absolute atomic E-state index is 14.3. The van der Waals surface area contributed by atoms with Crippen LogP contribution in [-0.4, -0.2) is 24.6 Å². The molecule has 4 saturated carbocycles. The molecular formula is C31H46O4. The Morgan fingerprint density at radius 1 is 0.914 bits per heavy atom. The van der Waals surface area contributed by atoms with E-state index in [1.54, 1.807) is 0 Å². The second-order valence-corrected chi connectivity index (χ2v) is 14.9. The van der Waals surface area contributed by atoms with Gasteiger partial charge in [0.1, 0.15) is 5.78 Å². The van der Waals surface area contributed by atoms with E-state index in [1.165, 1.54) is 12.7 Å². The number of methoxy groups -OCH3 is 1. The first-order valence-corrected chi connectivity index (χ1v) is 14.0. The fraction of sp³-hybridized carbons (Fsp3) is 0.839. The lowest BCUT2D eigenvalue weighted by molar-refractivity contribution is -0.188. The zero-order chi connectivity index (χ0) is 25.8. The smallest absolute Gasteiger partial charge is 0.311 e. The fourth-order valence-electron chi connectivity index (χ4n) is 10.4. The highest BCUT2D eigenvalue weighted by atomic mass is 16.5. The molecule has 194 valence electrons. The highest BCUT2D eigenvalue weighted by Gasteiger charge is 2.70. The van der Waals surface area contributed by atoms with Gasteiger partial charge in [-0.1, -0.05) is 47.1 Å². The summed E-state index contributed by atoms with van der Waals surface area (Å²) in [4.78, 5) is 40.0. The van der Waals surface area contributed by atoms with Crippen LogP contribution >= 0.6 is 0 Å². The number of ketones is 2. The molecule has 0 N–H and O–H groups in total. The number of carbonyl (C=O) groups is 3. The quantitative estimate of drug-likeness (QED) is 0.390. The number of Topliss-reactive ketones (excluding diaryl/α,β-unsaturated/α-hetero) is 1. The Labute approximate surface area is 212 Å². The van der Waals surface area contributed by atoms with Crippen molar-refractivity contribution in [3.8, 4) is 0 Å². The van der Waals surface area contributed by atoms with Crippen LogP contribution in [0.3, 0.4) is 0 Å². The van der Waals surface area contributed by atoms with Crippen LogP contribution in [0.15, 0.2) is 11.6 Å². The monoisotopic (exact) mass is 482 g/mol. The maximum atomic E-state index is 14.3. The van der Waals surface area contributed by atoms with Gasteiger partial charge in [0.2, 0.25) is 0 Å². The topological polar surface area (TPSA) is 60.4 Å². The Morgan fingerprint density at radius 3 is 2.23 bits per heavy atom. The minimum Gasteiger partial charge on any atom is -0.469 e. The molecule has 0 aromatic carbocycles. The number of fused-ring (bicyclic) bond motifs is 7. The van der Waals surface area contributed by atoms with E-state index in [0.29, 0.717) is 12.2 Å². The number of ether oxygens (including phenoxy) is 1. The number of hydrogen-bond acceptors (Lipinski definition) is 4. The Balaban J connectivity index is 1.62. The van der Waals surface area contributed by atoms with E-state index in [4.69, 9.17) is 4.74 Å². The lowest BCUT2D eigenvalue weighted by Crippen LogP contribution is -2.66. The Morgan fingerprint density at radius 2 is 1.57 bits per heavy atom. The molecular weight excluding hydrogens is 436 g/mol. The van der Waals surface area contributed by atoms with Crippen molar-refractivity contribution in [2.45, 2.75) is 106 Å². The van der Waals surface area contributed by atoms with E-state index in [0.717, 1.165) is 51.4 Å². The molecule has 0 spiro atoms. The van der Waals surface area contributed by atoms with Crippen molar-refractivity contribution >= 4 is 17.5 Å². The van der Waals surface area contributed by atoms with Crippen LogP contribution in [-0.2, 0) is 19.1 Å². The van der Waals surface area contributed by atoms with E-state index >= 15 is 0 Å². The molecule has 35 heavy (non-hydrogen) atoms. The molecule has 0 aromatic rings. The van der Waals surface area contributed by atoms with Crippen molar-refractivity contribution in [3.63, 3.8) is 0 Å². The Hall–Kier alpha value is -1.45. The van der Waals surface area contributed by atoms with Crippen LogP contribution in [0.1, 0.15) is 106 Å². The highest BCUT2D eigenvalue weighted by molar-refractivity contribution is 5.96. The molecule has 0 radical (unpaired) electrons. The molecule has 5 aliphatic rings. The molecule has 0 aromatic heterocycles. The van der Waals surface area contributed by atoms with Crippen molar-refractivity contribution < 1.29 is 19.1 Å². The van der Waals surface area contributed by atoms with Gasteiger partial charge >= 0.3 is 5.97 Å². The number of esters is 1. The third-order valence-corrected chi connectivity index (χ3v) is 13.0. The summed E-state index contributed by atoms with van der Waals surface area (Å²) >= 11 is 0. The van der Waals surface area contributed by atoms with Crippen molar-refractivity contribution in [1.82, 2.24) is 0 Å². The van der Waals surface area contributed by atoms with Crippen molar-refractivity contribution in [3.05, 3.63) is 11.6 Å². The third-order valence-electron chi connectivity index (χ3n) is 13.0. The molecule has 0 heterocycles. The van der Waals surface area contributed by atoms with Gasteiger partial charge in [0.05, 0.1) is 12.5 Å². The van der Waals surface area contributed by atoms with Crippen LogP contribution in [0.4, 0.5) is 0 Å². The Bertz CT molecular complexity index is 1020. The summed E-state index contributed by atoms with van der Waals surface area (Å²) in [5, 5.41) is 0. The summed E-state index contributed by atoms with van der Waals surface area (Å²) in [6, 6.07) is 0. The summed E-state index contributed by atoms with van der Waals surface area (Å²) in [5.41, 5.74) is 0.244. The average molecular weight is 483 g/mol. The summed E-state index contributed by atoms with van der Waals surface area (Å²) in [5.74, 6) is 0.980. The predicted octanol–water partition coefficient (Wildman–Crippen LogP) is 6.71. The summed E-state index contributed by atoms with van der Waals surface area (Å²) in [7, 11) is 1.50. The standard InChI is InChI=1S/C31H46O4/c1-26(2)22-9-12-31(7)24(29(22,5)11-10-23(26)33)21(32)17-19-20-18-28(4,25(34)35-8)14-13-27(20,3)15-16-30(19,31)6/h17,20,22,24H,9-16,18H2,1-8H3/t20-,22-,24+,27+,28+,29-,30-,31-/m0/s1. The lowest BCUT2D eigenvalue weighted by Gasteiger charge is -2.69. The molecule has 5 rings (SSSR count). The number of rotatable bonds is 1. The molecule has 8 atom stereocenters. The minimum absolute atomic E-state index is 0.0465. The number of hydrogen-bond donors (Lipinski definition) is 0. The first kappa shape index (κ1) is 25.2. The molecule has 0 bridgehead atoms. The van der Waals surface area contributed by atoms with Crippen molar-refractivity contribution in [1.29, 1.82) is 0 Å². The molecule has 5 aliphatic carbocycles. The van der Waals surface area contributed by atoms with Gasteiger partial charge in [-0.15, -0.1) is 0 Å².